The molecule has 0 aliphatic rings. The summed E-state index contributed by atoms with van der Waals surface area (Å²) in [5.74, 6) is -1.03. The van der Waals surface area contributed by atoms with E-state index in [4.69, 9.17) is 15.6 Å². The number of carboxylic acids is 1. The summed E-state index contributed by atoms with van der Waals surface area (Å²) in [5.41, 5.74) is 5.58. The quantitative estimate of drug-likeness (QED) is 0.475. The van der Waals surface area contributed by atoms with Gasteiger partial charge in [0.2, 0.25) is 5.91 Å². The molecule has 0 heterocycles. The van der Waals surface area contributed by atoms with Crippen molar-refractivity contribution >= 4 is 11.9 Å². The number of ether oxygens (including phenoxy) is 1. The Hall–Kier alpha value is -1.14. The van der Waals surface area contributed by atoms with E-state index in [1.54, 1.807) is 7.11 Å². The van der Waals surface area contributed by atoms with Crippen molar-refractivity contribution in [3.05, 3.63) is 0 Å². The van der Waals surface area contributed by atoms with E-state index in [0.29, 0.717) is 32.4 Å². The van der Waals surface area contributed by atoms with E-state index < -0.39 is 12.0 Å². The Bertz CT molecular complexity index is 221. The Morgan fingerprint density at radius 1 is 1.44 bits per heavy atom. The average Bonchev–Trinajstić information content (AvgIpc) is 2.24. The van der Waals surface area contributed by atoms with Crippen molar-refractivity contribution in [2.24, 2.45) is 5.73 Å². The smallest absolute Gasteiger partial charge is 0.303 e. The molecule has 1 atom stereocenters. The number of hydrogen-bond acceptors (Lipinski definition) is 4. The Morgan fingerprint density at radius 2 is 2.12 bits per heavy atom. The highest BCUT2D eigenvalue weighted by Gasteiger charge is 2.11. The van der Waals surface area contributed by atoms with Gasteiger partial charge in [-0.1, -0.05) is 0 Å². The van der Waals surface area contributed by atoms with Crippen LogP contribution in [0.25, 0.3) is 0 Å². The molecule has 0 spiro atoms. The van der Waals surface area contributed by atoms with Crippen LogP contribution in [0.15, 0.2) is 0 Å². The number of carbonyl (C=O) groups excluding carboxylic acids is 1. The predicted molar refractivity (Wildman–Crippen MR) is 59.0 cm³/mol. The molecule has 0 aromatic carbocycles. The van der Waals surface area contributed by atoms with Gasteiger partial charge in [0.15, 0.2) is 0 Å². The summed E-state index contributed by atoms with van der Waals surface area (Å²) in [7, 11) is 1.55. The Kier molecular flexibility index (Phi) is 8.46. The third-order valence-electron chi connectivity index (χ3n) is 2.09. The minimum atomic E-state index is -0.817. The molecular weight excluding hydrogens is 212 g/mol. The molecule has 0 radical (unpaired) electrons. The molecule has 0 saturated carbocycles. The summed E-state index contributed by atoms with van der Waals surface area (Å²) < 4.78 is 4.81. The molecule has 6 heteroatoms. The number of nitrogens with one attached hydrogen (secondary N) is 1. The van der Waals surface area contributed by atoms with Crippen LogP contribution in [0.4, 0.5) is 0 Å². The molecule has 0 aliphatic heterocycles. The van der Waals surface area contributed by atoms with Gasteiger partial charge in [0.25, 0.3) is 0 Å². The first-order chi connectivity index (χ1) is 7.57. The van der Waals surface area contributed by atoms with E-state index in [1.807, 2.05) is 0 Å². The summed E-state index contributed by atoms with van der Waals surface area (Å²) in [6.45, 7) is 0.917. The number of carboxylic acid groups (broad SMARTS) is 1. The van der Waals surface area contributed by atoms with Gasteiger partial charge in [-0.3, -0.25) is 9.59 Å². The lowest BCUT2D eigenvalue weighted by atomic mass is 10.2. The van der Waals surface area contributed by atoms with Gasteiger partial charge in [0.1, 0.15) is 0 Å². The highest BCUT2D eigenvalue weighted by molar-refractivity contribution is 5.81. The Morgan fingerprint density at radius 3 is 2.69 bits per heavy atom. The lowest BCUT2D eigenvalue weighted by molar-refractivity contribution is -0.137. The first kappa shape index (κ1) is 14.9. The van der Waals surface area contributed by atoms with Crippen LogP contribution in [0.3, 0.4) is 0 Å². The predicted octanol–water partition coefficient (Wildman–Crippen LogP) is -0.279. The summed E-state index contributed by atoms with van der Waals surface area (Å²) in [6.07, 6.45) is 1.82. The average molecular weight is 232 g/mol. The lowest BCUT2D eigenvalue weighted by Crippen LogP contribution is -2.41. The number of methoxy groups -OCH3 is 1. The molecule has 94 valence electrons. The van der Waals surface area contributed by atoms with Crippen molar-refractivity contribution in [2.75, 3.05) is 20.3 Å². The number of rotatable bonds is 9. The fourth-order valence-corrected chi connectivity index (χ4v) is 1.12. The zero-order valence-corrected chi connectivity index (χ0v) is 9.57. The van der Waals surface area contributed by atoms with Gasteiger partial charge in [0.05, 0.1) is 6.04 Å². The van der Waals surface area contributed by atoms with Crippen LogP contribution in [-0.2, 0) is 14.3 Å². The summed E-state index contributed by atoms with van der Waals surface area (Å²) >= 11 is 0. The molecule has 1 unspecified atom stereocenters. The lowest BCUT2D eigenvalue weighted by Gasteiger charge is -2.11. The Labute approximate surface area is 95.1 Å². The monoisotopic (exact) mass is 232 g/mol. The fraction of sp³-hybridized carbons (Fsp3) is 0.800. The van der Waals surface area contributed by atoms with Crippen molar-refractivity contribution in [1.82, 2.24) is 5.32 Å². The number of hydrogen-bond donors (Lipinski definition) is 3. The second-order valence-electron chi connectivity index (χ2n) is 3.53. The van der Waals surface area contributed by atoms with Crippen LogP contribution in [0.5, 0.6) is 0 Å². The van der Waals surface area contributed by atoms with Crippen LogP contribution in [0.2, 0.25) is 0 Å². The SMILES string of the molecule is COCCC(N)C(=O)NCCCCC(=O)O. The normalized spacial score (nSPS) is 12.1. The van der Waals surface area contributed by atoms with Gasteiger partial charge in [-0.05, 0) is 19.3 Å². The number of nitrogens with two attached hydrogens (primary N) is 1. The second kappa shape index (κ2) is 9.11. The van der Waals surface area contributed by atoms with Gasteiger partial charge < -0.3 is 20.9 Å². The zero-order valence-electron chi connectivity index (χ0n) is 9.57. The number of amides is 1. The molecular formula is C10H20N2O4. The van der Waals surface area contributed by atoms with Crippen molar-refractivity contribution in [1.29, 1.82) is 0 Å². The molecule has 0 bridgehead atoms. The van der Waals surface area contributed by atoms with Crippen LogP contribution in [0, 0.1) is 0 Å². The molecule has 6 nitrogen and oxygen atoms in total. The van der Waals surface area contributed by atoms with Gasteiger partial charge >= 0.3 is 5.97 Å². The molecule has 1 amide bonds. The van der Waals surface area contributed by atoms with Crippen molar-refractivity contribution < 1.29 is 19.4 Å². The molecule has 0 fully saturated rings. The maximum atomic E-state index is 11.3. The minimum Gasteiger partial charge on any atom is -0.481 e. The minimum absolute atomic E-state index is 0.131. The molecule has 4 N–H and O–H groups in total. The molecule has 16 heavy (non-hydrogen) atoms. The van der Waals surface area contributed by atoms with E-state index in [1.165, 1.54) is 0 Å². The molecule has 0 aliphatic carbocycles. The third-order valence-corrected chi connectivity index (χ3v) is 2.09. The maximum absolute atomic E-state index is 11.3. The summed E-state index contributed by atoms with van der Waals surface area (Å²) in [6, 6.07) is -0.556. The van der Waals surface area contributed by atoms with E-state index in [0.717, 1.165) is 0 Å². The topological polar surface area (TPSA) is 102 Å². The summed E-state index contributed by atoms with van der Waals surface area (Å²) in [4.78, 5) is 21.5. The largest absolute Gasteiger partial charge is 0.481 e. The first-order valence-corrected chi connectivity index (χ1v) is 5.32. The second-order valence-corrected chi connectivity index (χ2v) is 3.53. The van der Waals surface area contributed by atoms with Crippen molar-refractivity contribution in [3.8, 4) is 0 Å². The molecule has 0 aromatic rings. The highest BCUT2D eigenvalue weighted by Crippen LogP contribution is 1.94. The van der Waals surface area contributed by atoms with Gasteiger partial charge in [0, 0.05) is 26.7 Å². The van der Waals surface area contributed by atoms with Crippen LogP contribution >= 0.6 is 0 Å². The van der Waals surface area contributed by atoms with Gasteiger partial charge in [-0.25, -0.2) is 0 Å². The van der Waals surface area contributed by atoms with E-state index in [-0.39, 0.29) is 12.3 Å². The molecule has 0 aromatic heterocycles. The maximum Gasteiger partial charge on any atom is 0.303 e. The number of aliphatic carboxylic acids is 1. The number of carbonyl (C=O) groups is 2. The zero-order chi connectivity index (χ0) is 12.4. The van der Waals surface area contributed by atoms with E-state index >= 15 is 0 Å². The number of unbranched alkanes of at least 4 members (excludes halogenated alkanes) is 1. The van der Waals surface area contributed by atoms with Crippen LogP contribution < -0.4 is 11.1 Å². The highest BCUT2D eigenvalue weighted by atomic mass is 16.5. The van der Waals surface area contributed by atoms with Crippen molar-refractivity contribution in [3.63, 3.8) is 0 Å². The Balaban J connectivity index is 3.45. The van der Waals surface area contributed by atoms with E-state index in [9.17, 15) is 9.59 Å². The fourth-order valence-electron chi connectivity index (χ4n) is 1.12. The standard InChI is InChI=1S/C10H20N2O4/c1-16-7-5-8(11)10(15)12-6-3-2-4-9(13)14/h8H,2-7,11H2,1H3,(H,12,15)(H,13,14). The van der Waals surface area contributed by atoms with Gasteiger partial charge in [-0.15, -0.1) is 0 Å². The van der Waals surface area contributed by atoms with Crippen molar-refractivity contribution in [2.45, 2.75) is 31.7 Å². The first-order valence-electron chi connectivity index (χ1n) is 5.32. The van der Waals surface area contributed by atoms with Crippen LogP contribution in [-0.4, -0.2) is 43.3 Å². The van der Waals surface area contributed by atoms with Gasteiger partial charge in [-0.2, -0.15) is 0 Å². The third kappa shape index (κ3) is 8.19. The molecule has 0 rings (SSSR count). The van der Waals surface area contributed by atoms with E-state index in [2.05, 4.69) is 5.32 Å². The molecule has 0 saturated heterocycles. The van der Waals surface area contributed by atoms with Crippen LogP contribution in [0.1, 0.15) is 25.7 Å². The summed E-state index contributed by atoms with van der Waals surface area (Å²) in [5, 5.41) is 11.0.